The zero-order valence-corrected chi connectivity index (χ0v) is 18.4. The van der Waals surface area contributed by atoms with Gasteiger partial charge in [0.25, 0.3) is 5.91 Å². The maximum absolute atomic E-state index is 12.8. The van der Waals surface area contributed by atoms with E-state index in [2.05, 4.69) is 29.4 Å². The largest absolute Gasteiger partial charge is 0.321 e. The smallest absolute Gasteiger partial charge is 0.267 e. The molecule has 0 saturated carbocycles. The van der Waals surface area contributed by atoms with Crippen molar-refractivity contribution in [2.24, 2.45) is 0 Å². The van der Waals surface area contributed by atoms with Crippen LogP contribution in [-0.4, -0.2) is 20.7 Å². The minimum Gasteiger partial charge on any atom is -0.321 e. The Bertz CT molecular complexity index is 1210. The van der Waals surface area contributed by atoms with E-state index in [4.69, 9.17) is 5.10 Å². The predicted molar refractivity (Wildman–Crippen MR) is 122 cm³/mol. The quantitative estimate of drug-likeness (QED) is 0.473. The number of rotatable bonds is 5. The second-order valence-electron chi connectivity index (χ2n) is 7.46. The summed E-state index contributed by atoms with van der Waals surface area (Å²) >= 11 is 1.36. The monoisotopic (exact) mass is 416 g/mol. The van der Waals surface area contributed by atoms with Crippen molar-refractivity contribution in [3.63, 3.8) is 0 Å². The molecule has 0 aliphatic heterocycles. The summed E-state index contributed by atoms with van der Waals surface area (Å²) in [4.78, 5) is 18.1. The zero-order chi connectivity index (χ0) is 21.3. The molecule has 0 bridgehead atoms. The molecular formula is C24H24N4OS. The molecule has 0 unspecified atom stereocenters. The van der Waals surface area contributed by atoms with Crippen molar-refractivity contribution < 1.29 is 4.79 Å². The number of aryl methyl sites for hydroxylation is 3. The van der Waals surface area contributed by atoms with Crippen molar-refractivity contribution >= 4 is 22.9 Å². The molecule has 4 aromatic rings. The Labute approximate surface area is 180 Å². The van der Waals surface area contributed by atoms with Crippen molar-refractivity contribution in [2.75, 3.05) is 5.32 Å². The molecular weight excluding hydrogens is 392 g/mol. The number of aromatic nitrogens is 3. The van der Waals surface area contributed by atoms with E-state index < -0.39 is 0 Å². The summed E-state index contributed by atoms with van der Waals surface area (Å²) in [7, 11) is 0. The van der Waals surface area contributed by atoms with Crippen LogP contribution in [0.2, 0.25) is 0 Å². The van der Waals surface area contributed by atoms with Crippen LogP contribution < -0.4 is 5.32 Å². The number of hydrogen-bond donors (Lipinski definition) is 1. The second kappa shape index (κ2) is 8.24. The van der Waals surface area contributed by atoms with E-state index in [1.54, 1.807) is 0 Å². The van der Waals surface area contributed by atoms with Gasteiger partial charge in [-0.1, -0.05) is 53.8 Å². The van der Waals surface area contributed by atoms with Gasteiger partial charge in [-0.15, -0.1) is 0 Å². The van der Waals surface area contributed by atoms with Gasteiger partial charge in [0.1, 0.15) is 4.88 Å². The van der Waals surface area contributed by atoms with Crippen LogP contribution in [-0.2, 0) is 6.42 Å². The van der Waals surface area contributed by atoms with Crippen molar-refractivity contribution in [2.45, 2.75) is 34.1 Å². The fourth-order valence-electron chi connectivity index (χ4n) is 3.51. The van der Waals surface area contributed by atoms with Gasteiger partial charge in [-0.25, -0.2) is 9.67 Å². The highest BCUT2D eigenvalue weighted by Gasteiger charge is 2.20. The Kier molecular flexibility index (Phi) is 5.50. The topological polar surface area (TPSA) is 59.8 Å². The molecule has 1 N–H and O–H groups in total. The number of carbonyl (C=O) groups is 1. The molecule has 0 radical (unpaired) electrons. The molecule has 1 amide bonds. The first-order valence-corrected chi connectivity index (χ1v) is 10.7. The summed E-state index contributed by atoms with van der Waals surface area (Å²) in [5.41, 5.74) is 7.06. The van der Waals surface area contributed by atoms with Crippen molar-refractivity contribution in [3.05, 3.63) is 93.2 Å². The van der Waals surface area contributed by atoms with Gasteiger partial charge in [-0.3, -0.25) is 4.79 Å². The Morgan fingerprint density at radius 3 is 2.50 bits per heavy atom. The molecule has 0 aliphatic carbocycles. The number of hydrogen-bond acceptors (Lipinski definition) is 4. The van der Waals surface area contributed by atoms with E-state index in [1.165, 1.54) is 22.5 Å². The summed E-state index contributed by atoms with van der Waals surface area (Å²) < 4.78 is 1.86. The average Bonchev–Trinajstić information content (AvgIpc) is 3.23. The summed E-state index contributed by atoms with van der Waals surface area (Å²) in [6.45, 7) is 7.94. The molecule has 0 saturated heterocycles. The molecule has 0 spiro atoms. The normalized spacial score (nSPS) is 10.9. The van der Waals surface area contributed by atoms with E-state index in [9.17, 15) is 4.79 Å². The Hall–Kier alpha value is -3.25. The molecule has 0 fully saturated rings. The number of thiazole rings is 1. The molecule has 2 aromatic heterocycles. The molecule has 2 heterocycles. The number of benzene rings is 2. The third-order valence-corrected chi connectivity index (χ3v) is 6.25. The summed E-state index contributed by atoms with van der Waals surface area (Å²) in [5, 5.41) is 8.40. The lowest BCUT2D eigenvalue weighted by atomic mass is 10.0. The highest BCUT2D eigenvalue weighted by molar-refractivity contribution is 7.16. The van der Waals surface area contributed by atoms with E-state index in [0.29, 0.717) is 15.7 Å². The molecule has 152 valence electrons. The molecule has 2 aromatic carbocycles. The van der Waals surface area contributed by atoms with Crippen molar-refractivity contribution in [1.29, 1.82) is 0 Å². The first-order chi connectivity index (χ1) is 14.4. The Morgan fingerprint density at radius 1 is 1.00 bits per heavy atom. The number of carbonyl (C=O) groups excluding carboxylic acids is 1. The third kappa shape index (κ3) is 4.04. The van der Waals surface area contributed by atoms with Gasteiger partial charge in [-0.05, 0) is 51.0 Å². The van der Waals surface area contributed by atoms with Crippen LogP contribution in [0.4, 0.5) is 5.69 Å². The summed E-state index contributed by atoms with van der Waals surface area (Å²) in [6, 6.07) is 18.1. The average molecular weight is 417 g/mol. The van der Waals surface area contributed by atoms with Crippen LogP contribution in [0.25, 0.3) is 5.13 Å². The van der Waals surface area contributed by atoms with Crippen LogP contribution in [0.5, 0.6) is 0 Å². The molecule has 0 aliphatic rings. The van der Waals surface area contributed by atoms with Crippen LogP contribution in [0.1, 0.15) is 43.4 Å². The van der Waals surface area contributed by atoms with E-state index >= 15 is 0 Å². The zero-order valence-electron chi connectivity index (χ0n) is 17.6. The maximum Gasteiger partial charge on any atom is 0.267 e. The van der Waals surface area contributed by atoms with E-state index in [1.807, 2.05) is 67.9 Å². The lowest BCUT2D eigenvalue weighted by Gasteiger charge is -2.04. The van der Waals surface area contributed by atoms with Gasteiger partial charge >= 0.3 is 0 Å². The summed E-state index contributed by atoms with van der Waals surface area (Å²) in [5.74, 6) is -0.145. The van der Waals surface area contributed by atoms with Crippen LogP contribution in [0.3, 0.4) is 0 Å². The Morgan fingerprint density at radius 2 is 1.77 bits per heavy atom. The number of amides is 1. The molecule has 6 heteroatoms. The lowest BCUT2D eigenvalue weighted by molar-refractivity contribution is 0.103. The minimum atomic E-state index is -0.145. The van der Waals surface area contributed by atoms with Crippen molar-refractivity contribution in [3.8, 4) is 5.13 Å². The fourth-order valence-corrected chi connectivity index (χ4v) is 4.48. The van der Waals surface area contributed by atoms with Crippen LogP contribution in [0.15, 0.2) is 54.6 Å². The minimum absolute atomic E-state index is 0.145. The lowest BCUT2D eigenvalue weighted by Crippen LogP contribution is -2.11. The van der Waals surface area contributed by atoms with E-state index in [-0.39, 0.29) is 5.91 Å². The van der Waals surface area contributed by atoms with Crippen LogP contribution in [0, 0.1) is 27.7 Å². The first kappa shape index (κ1) is 20.0. The summed E-state index contributed by atoms with van der Waals surface area (Å²) in [6.07, 6.45) is 0.823. The SMILES string of the molecule is Cc1cccc(NC(=O)c2sc(-n3nc(C)c(Cc4ccccc4)c3C)nc2C)c1. The molecule has 4 rings (SSSR count). The maximum atomic E-state index is 12.8. The molecule has 30 heavy (non-hydrogen) atoms. The Balaban J connectivity index is 1.61. The highest BCUT2D eigenvalue weighted by atomic mass is 32.1. The van der Waals surface area contributed by atoms with Gasteiger partial charge in [0.2, 0.25) is 5.13 Å². The van der Waals surface area contributed by atoms with Gasteiger partial charge in [0.05, 0.1) is 11.4 Å². The van der Waals surface area contributed by atoms with Gasteiger partial charge < -0.3 is 5.32 Å². The van der Waals surface area contributed by atoms with Crippen molar-refractivity contribution in [1.82, 2.24) is 14.8 Å². The highest BCUT2D eigenvalue weighted by Crippen LogP contribution is 2.27. The fraction of sp³-hybridized carbons (Fsp3) is 0.208. The number of nitrogens with one attached hydrogen (secondary N) is 1. The second-order valence-corrected chi connectivity index (χ2v) is 8.44. The van der Waals surface area contributed by atoms with Gasteiger partial charge in [-0.2, -0.15) is 5.10 Å². The first-order valence-electron chi connectivity index (χ1n) is 9.87. The van der Waals surface area contributed by atoms with Crippen LogP contribution >= 0.6 is 11.3 Å². The van der Waals surface area contributed by atoms with E-state index in [0.717, 1.165) is 29.1 Å². The molecule has 0 atom stereocenters. The van der Waals surface area contributed by atoms with Gasteiger partial charge in [0, 0.05) is 23.4 Å². The predicted octanol–water partition coefficient (Wildman–Crippen LogP) is 5.41. The molecule has 5 nitrogen and oxygen atoms in total. The standard InChI is InChI=1S/C24H24N4OS/c1-15-9-8-12-20(13-15)26-23(29)22-17(3)25-24(30-22)28-18(4)21(16(2)27-28)14-19-10-6-5-7-11-19/h5-13H,14H2,1-4H3,(H,26,29). The number of anilines is 1. The van der Waals surface area contributed by atoms with Gasteiger partial charge in [0.15, 0.2) is 0 Å². The third-order valence-electron chi connectivity index (χ3n) is 5.11. The number of nitrogens with zero attached hydrogens (tertiary/aromatic N) is 3.